The Hall–Kier alpha value is -1.78. The number of halogens is 2. The fraction of sp³-hybridized carbons (Fsp3) is 0.200. The molecule has 0 spiro atoms. The third-order valence-electron chi connectivity index (χ3n) is 2.76. The molecule has 21 heavy (non-hydrogen) atoms. The molecule has 0 aliphatic heterocycles. The SMILES string of the molecule is CCCNc1ccc(Cl)cc1C(=O)Nc1ccc(Cl)cn1. The fourth-order valence-electron chi connectivity index (χ4n) is 1.75. The summed E-state index contributed by atoms with van der Waals surface area (Å²) in [6, 6.07) is 8.48. The van der Waals surface area contributed by atoms with Crippen LogP contribution in [-0.4, -0.2) is 17.4 Å². The first-order valence-corrected chi connectivity index (χ1v) is 7.32. The predicted molar refractivity (Wildman–Crippen MR) is 87.4 cm³/mol. The highest BCUT2D eigenvalue weighted by Gasteiger charge is 2.12. The van der Waals surface area contributed by atoms with Crippen molar-refractivity contribution in [3.8, 4) is 0 Å². The molecule has 0 unspecified atom stereocenters. The van der Waals surface area contributed by atoms with Crippen LogP contribution in [0.5, 0.6) is 0 Å². The van der Waals surface area contributed by atoms with E-state index in [0.29, 0.717) is 21.4 Å². The molecule has 1 aromatic carbocycles. The number of benzene rings is 1. The van der Waals surface area contributed by atoms with Crippen LogP contribution in [0.2, 0.25) is 10.0 Å². The van der Waals surface area contributed by atoms with Crippen molar-refractivity contribution in [2.24, 2.45) is 0 Å². The van der Waals surface area contributed by atoms with E-state index in [2.05, 4.69) is 22.5 Å². The number of hydrogen-bond acceptors (Lipinski definition) is 3. The quantitative estimate of drug-likeness (QED) is 0.853. The van der Waals surface area contributed by atoms with Crippen molar-refractivity contribution in [2.45, 2.75) is 13.3 Å². The smallest absolute Gasteiger partial charge is 0.258 e. The van der Waals surface area contributed by atoms with E-state index in [0.717, 1.165) is 18.7 Å². The Kier molecular flexibility index (Phi) is 5.42. The number of carbonyl (C=O) groups is 1. The number of anilines is 2. The van der Waals surface area contributed by atoms with E-state index in [1.807, 2.05) is 0 Å². The van der Waals surface area contributed by atoms with Gasteiger partial charge in [-0.3, -0.25) is 4.79 Å². The zero-order chi connectivity index (χ0) is 15.2. The first-order chi connectivity index (χ1) is 10.1. The van der Waals surface area contributed by atoms with Crippen LogP contribution in [0.3, 0.4) is 0 Å². The van der Waals surface area contributed by atoms with Crippen molar-refractivity contribution in [1.82, 2.24) is 4.98 Å². The van der Waals surface area contributed by atoms with Gasteiger partial charge in [0.05, 0.1) is 10.6 Å². The Labute approximate surface area is 133 Å². The molecule has 6 heteroatoms. The molecule has 1 heterocycles. The van der Waals surface area contributed by atoms with Gasteiger partial charge in [0.2, 0.25) is 0 Å². The maximum absolute atomic E-state index is 12.4. The molecule has 0 atom stereocenters. The second-order valence-electron chi connectivity index (χ2n) is 4.43. The molecule has 110 valence electrons. The average Bonchev–Trinajstić information content (AvgIpc) is 2.48. The molecule has 1 amide bonds. The topological polar surface area (TPSA) is 54.0 Å². The normalized spacial score (nSPS) is 10.2. The molecule has 2 rings (SSSR count). The molecule has 2 aromatic rings. The van der Waals surface area contributed by atoms with Crippen molar-refractivity contribution >= 4 is 40.6 Å². The summed E-state index contributed by atoms with van der Waals surface area (Å²) in [5.41, 5.74) is 1.22. The minimum Gasteiger partial charge on any atom is -0.384 e. The fourth-order valence-corrected chi connectivity index (χ4v) is 2.04. The van der Waals surface area contributed by atoms with Crippen LogP contribution in [-0.2, 0) is 0 Å². The van der Waals surface area contributed by atoms with E-state index in [1.165, 1.54) is 6.20 Å². The number of aromatic nitrogens is 1. The molecule has 0 saturated heterocycles. The lowest BCUT2D eigenvalue weighted by Gasteiger charge is -2.12. The Bertz CT molecular complexity index is 629. The molecule has 4 nitrogen and oxygen atoms in total. The van der Waals surface area contributed by atoms with Gasteiger partial charge in [-0.15, -0.1) is 0 Å². The third kappa shape index (κ3) is 4.34. The minimum atomic E-state index is -0.272. The maximum atomic E-state index is 12.4. The van der Waals surface area contributed by atoms with Gasteiger partial charge >= 0.3 is 0 Å². The lowest BCUT2D eigenvalue weighted by atomic mass is 10.1. The van der Waals surface area contributed by atoms with Crippen LogP contribution in [0.25, 0.3) is 0 Å². The van der Waals surface area contributed by atoms with Crippen LogP contribution in [0.1, 0.15) is 23.7 Å². The number of carbonyl (C=O) groups excluding carboxylic acids is 1. The van der Waals surface area contributed by atoms with Gasteiger partial charge in [-0.05, 0) is 36.8 Å². The van der Waals surface area contributed by atoms with Crippen LogP contribution < -0.4 is 10.6 Å². The summed E-state index contributed by atoms with van der Waals surface area (Å²) >= 11 is 11.7. The van der Waals surface area contributed by atoms with Gasteiger partial charge < -0.3 is 10.6 Å². The highest BCUT2D eigenvalue weighted by atomic mass is 35.5. The average molecular weight is 324 g/mol. The number of pyridine rings is 1. The van der Waals surface area contributed by atoms with Gasteiger partial charge in [-0.25, -0.2) is 4.98 Å². The summed E-state index contributed by atoms with van der Waals surface area (Å²) in [5, 5.41) is 6.95. The lowest BCUT2D eigenvalue weighted by Crippen LogP contribution is -2.15. The number of nitrogens with one attached hydrogen (secondary N) is 2. The number of hydrogen-bond donors (Lipinski definition) is 2. The summed E-state index contributed by atoms with van der Waals surface area (Å²) in [5.74, 6) is 0.164. The largest absolute Gasteiger partial charge is 0.384 e. The van der Waals surface area contributed by atoms with Gasteiger partial charge in [0.25, 0.3) is 5.91 Å². The summed E-state index contributed by atoms with van der Waals surface area (Å²) in [4.78, 5) is 16.4. The second kappa shape index (κ2) is 7.29. The number of amides is 1. The highest BCUT2D eigenvalue weighted by molar-refractivity contribution is 6.31. The van der Waals surface area contributed by atoms with Crippen molar-refractivity contribution in [2.75, 3.05) is 17.2 Å². The standard InChI is InChI=1S/C15H15Cl2N3O/c1-2-7-18-13-5-3-10(16)8-12(13)15(21)20-14-6-4-11(17)9-19-14/h3-6,8-9,18H,2,7H2,1H3,(H,19,20,21). The van der Waals surface area contributed by atoms with Crippen LogP contribution in [0.4, 0.5) is 11.5 Å². The molecule has 0 radical (unpaired) electrons. The van der Waals surface area contributed by atoms with E-state index in [9.17, 15) is 4.79 Å². The molecular formula is C15H15Cl2N3O. The zero-order valence-corrected chi connectivity index (χ0v) is 13.0. The Balaban J connectivity index is 2.20. The summed E-state index contributed by atoms with van der Waals surface area (Å²) in [6.45, 7) is 2.83. The van der Waals surface area contributed by atoms with Crippen molar-refractivity contribution in [1.29, 1.82) is 0 Å². The van der Waals surface area contributed by atoms with E-state index < -0.39 is 0 Å². The van der Waals surface area contributed by atoms with Crippen LogP contribution >= 0.6 is 23.2 Å². The Morgan fingerprint density at radius 2 is 1.95 bits per heavy atom. The first kappa shape index (κ1) is 15.6. The van der Waals surface area contributed by atoms with E-state index >= 15 is 0 Å². The van der Waals surface area contributed by atoms with Gasteiger partial charge in [0, 0.05) is 23.5 Å². The van der Waals surface area contributed by atoms with Crippen molar-refractivity contribution in [3.05, 3.63) is 52.1 Å². The number of nitrogens with zero attached hydrogens (tertiary/aromatic N) is 1. The molecule has 2 N–H and O–H groups in total. The monoisotopic (exact) mass is 323 g/mol. The van der Waals surface area contributed by atoms with E-state index in [1.54, 1.807) is 30.3 Å². The van der Waals surface area contributed by atoms with Crippen LogP contribution in [0.15, 0.2) is 36.5 Å². The molecule has 0 saturated carbocycles. The third-order valence-corrected chi connectivity index (χ3v) is 3.22. The molecule has 0 aliphatic carbocycles. The van der Waals surface area contributed by atoms with Crippen LogP contribution in [0, 0.1) is 0 Å². The lowest BCUT2D eigenvalue weighted by molar-refractivity contribution is 0.102. The zero-order valence-electron chi connectivity index (χ0n) is 11.5. The highest BCUT2D eigenvalue weighted by Crippen LogP contribution is 2.22. The summed E-state index contributed by atoms with van der Waals surface area (Å²) in [6.07, 6.45) is 2.44. The van der Waals surface area contributed by atoms with Gasteiger partial charge in [0.1, 0.15) is 5.82 Å². The summed E-state index contributed by atoms with van der Waals surface area (Å²) in [7, 11) is 0. The van der Waals surface area contributed by atoms with Crippen molar-refractivity contribution < 1.29 is 4.79 Å². The van der Waals surface area contributed by atoms with Gasteiger partial charge in [-0.2, -0.15) is 0 Å². The molecular weight excluding hydrogens is 309 g/mol. The molecule has 0 bridgehead atoms. The maximum Gasteiger partial charge on any atom is 0.258 e. The first-order valence-electron chi connectivity index (χ1n) is 6.56. The van der Waals surface area contributed by atoms with E-state index in [-0.39, 0.29) is 5.91 Å². The molecule has 1 aromatic heterocycles. The summed E-state index contributed by atoms with van der Waals surface area (Å²) < 4.78 is 0. The predicted octanol–water partition coefficient (Wildman–Crippen LogP) is 4.46. The second-order valence-corrected chi connectivity index (χ2v) is 5.31. The molecule has 0 fully saturated rings. The Morgan fingerprint density at radius 3 is 2.62 bits per heavy atom. The van der Waals surface area contributed by atoms with Gasteiger partial charge in [0.15, 0.2) is 0 Å². The Morgan fingerprint density at radius 1 is 1.19 bits per heavy atom. The van der Waals surface area contributed by atoms with Gasteiger partial charge in [-0.1, -0.05) is 30.1 Å². The van der Waals surface area contributed by atoms with E-state index in [4.69, 9.17) is 23.2 Å². The number of rotatable bonds is 5. The molecule has 0 aliphatic rings. The van der Waals surface area contributed by atoms with Crippen molar-refractivity contribution in [3.63, 3.8) is 0 Å². The minimum absolute atomic E-state index is 0.272.